The van der Waals surface area contributed by atoms with Gasteiger partial charge in [-0.25, -0.2) is 4.98 Å². The summed E-state index contributed by atoms with van der Waals surface area (Å²) < 4.78 is 5.26. The summed E-state index contributed by atoms with van der Waals surface area (Å²) in [4.78, 5) is 23.0. The monoisotopic (exact) mass is 389 g/mol. The minimum Gasteiger partial charge on any atom is -0.357 e. The molecule has 1 aromatic carbocycles. The predicted octanol–water partition coefficient (Wildman–Crippen LogP) is 4.25. The van der Waals surface area contributed by atoms with Crippen LogP contribution in [0.4, 0.5) is 5.82 Å². The van der Waals surface area contributed by atoms with Gasteiger partial charge in [0, 0.05) is 46.9 Å². The number of amides is 1. The first kappa shape index (κ1) is 17.9. The Hall–Kier alpha value is -3.19. The summed E-state index contributed by atoms with van der Waals surface area (Å²) in [5, 5.41) is 8.75. The van der Waals surface area contributed by atoms with E-state index in [1.54, 1.807) is 18.3 Å². The lowest BCUT2D eigenvalue weighted by Crippen LogP contribution is -2.26. The maximum Gasteiger partial charge on any atom is 0.256 e. The minimum atomic E-state index is -0.231. The van der Waals surface area contributed by atoms with Crippen LogP contribution >= 0.6 is 0 Å². The van der Waals surface area contributed by atoms with Gasteiger partial charge in [-0.15, -0.1) is 0 Å². The number of aryl methyl sites for hydroxylation is 1. The fraction of sp³-hybridized carbons (Fsp3) is 0.318. The zero-order valence-electron chi connectivity index (χ0n) is 16.5. The van der Waals surface area contributed by atoms with E-state index in [9.17, 15) is 4.79 Å². The summed E-state index contributed by atoms with van der Waals surface area (Å²) >= 11 is 0. The van der Waals surface area contributed by atoms with Crippen molar-refractivity contribution in [3.8, 4) is 0 Å². The highest BCUT2D eigenvalue weighted by Crippen LogP contribution is 2.23. The van der Waals surface area contributed by atoms with Gasteiger partial charge in [0.15, 0.2) is 5.58 Å². The van der Waals surface area contributed by atoms with E-state index in [2.05, 4.69) is 38.3 Å². The molecule has 4 aromatic rings. The molecular formula is C22H23N5O2. The summed E-state index contributed by atoms with van der Waals surface area (Å²) in [5.41, 5.74) is 4.06. The highest BCUT2D eigenvalue weighted by Gasteiger charge is 2.20. The van der Waals surface area contributed by atoms with Gasteiger partial charge in [-0.05, 0) is 57.5 Å². The zero-order chi connectivity index (χ0) is 20.0. The number of nitrogens with zero attached hydrogens (tertiary/aromatic N) is 3. The van der Waals surface area contributed by atoms with Gasteiger partial charge in [0.1, 0.15) is 5.82 Å². The smallest absolute Gasteiger partial charge is 0.256 e. The van der Waals surface area contributed by atoms with Crippen LogP contribution in [-0.2, 0) is 6.54 Å². The number of H-pyrrole nitrogens is 1. The summed E-state index contributed by atoms with van der Waals surface area (Å²) in [7, 11) is 0. The molecule has 7 heteroatoms. The van der Waals surface area contributed by atoms with Crippen LogP contribution in [0.5, 0.6) is 0 Å². The number of likely N-dealkylation sites (tertiary alicyclic amines) is 1. The Balaban J connectivity index is 1.34. The lowest BCUT2D eigenvalue weighted by molar-refractivity contribution is 0.102. The Morgan fingerprint density at radius 3 is 3.07 bits per heavy atom. The molecule has 0 bridgehead atoms. The molecule has 0 radical (unpaired) electrons. The number of aromatic nitrogens is 3. The molecule has 7 nitrogen and oxygen atoms in total. The second kappa shape index (κ2) is 7.00. The molecule has 148 valence electrons. The molecule has 1 fully saturated rings. The van der Waals surface area contributed by atoms with Crippen LogP contribution in [0.15, 0.2) is 41.1 Å². The van der Waals surface area contributed by atoms with Gasteiger partial charge in [-0.2, -0.15) is 0 Å². The molecule has 0 aliphatic carbocycles. The molecule has 2 N–H and O–H groups in total. The average molecular weight is 389 g/mol. The molecule has 1 atom stereocenters. The summed E-state index contributed by atoms with van der Waals surface area (Å²) in [6.45, 7) is 6.21. The Kier molecular flexibility index (Phi) is 4.32. The van der Waals surface area contributed by atoms with Crippen LogP contribution in [0, 0.1) is 6.92 Å². The van der Waals surface area contributed by atoms with Crippen molar-refractivity contribution < 1.29 is 9.32 Å². The zero-order valence-corrected chi connectivity index (χ0v) is 16.5. The highest BCUT2D eigenvalue weighted by molar-refractivity contribution is 6.06. The predicted molar refractivity (Wildman–Crippen MR) is 112 cm³/mol. The molecule has 1 unspecified atom stereocenters. The van der Waals surface area contributed by atoms with Crippen molar-refractivity contribution in [3.63, 3.8) is 0 Å². The van der Waals surface area contributed by atoms with E-state index in [0.29, 0.717) is 23.0 Å². The number of benzene rings is 1. The third kappa shape index (κ3) is 3.38. The Morgan fingerprint density at radius 1 is 1.34 bits per heavy atom. The number of rotatable bonds is 4. The molecular weight excluding hydrogens is 366 g/mol. The normalized spacial score (nSPS) is 17.4. The summed E-state index contributed by atoms with van der Waals surface area (Å²) in [6, 6.07) is 9.96. The number of pyridine rings is 1. The number of carbonyl (C=O) groups is 1. The second-order valence-electron chi connectivity index (χ2n) is 7.85. The van der Waals surface area contributed by atoms with E-state index in [4.69, 9.17) is 4.52 Å². The maximum absolute atomic E-state index is 12.6. The van der Waals surface area contributed by atoms with Crippen molar-refractivity contribution in [2.45, 2.75) is 39.3 Å². The highest BCUT2D eigenvalue weighted by atomic mass is 16.5. The summed E-state index contributed by atoms with van der Waals surface area (Å²) in [5.74, 6) is 0.282. The van der Waals surface area contributed by atoms with Gasteiger partial charge in [-0.1, -0.05) is 5.16 Å². The molecule has 1 amide bonds. The fourth-order valence-corrected chi connectivity index (χ4v) is 4.08. The molecule has 1 aliphatic rings. The first-order chi connectivity index (χ1) is 14.1. The number of hydrogen-bond acceptors (Lipinski definition) is 5. The van der Waals surface area contributed by atoms with Crippen LogP contribution < -0.4 is 5.32 Å². The van der Waals surface area contributed by atoms with Crippen molar-refractivity contribution in [1.82, 2.24) is 20.0 Å². The van der Waals surface area contributed by atoms with E-state index in [1.165, 1.54) is 18.5 Å². The molecule has 4 heterocycles. The molecule has 0 saturated carbocycles. The third-order valence-corrected chi connectivity index (χ3v) is 5.78. The molecule has 3 aromatic heterocycles. The Morgan fingerprint density at radius 2 is 2.24 bits per heavy atom. The van der Waals surface area contributed by atoms with Crippen LogP contribution in [0.25, 0.3) is 21.9 Å². The van der Waals surface area contributed by atoms with Gasteiger partial charge in [0.2, 0.25) is 0 Å². The number of carbonyl (C=O) groups excluding carboxylic acids is 1. The minimum absolute atomic E-state index is 0.231. The van der Waals surface area contributed by atoms with E-state index in [-0.39, 0.29) is 5.91 Å². The Labute approximate surface area is 168 Å². The SMILES string of the molecule is Cc1noc2cc(C(=O)Nc3cc4[nH]c(CN5CCCC5C)cc4cn3)ccc12. The molecule has 29 heavy (non-hydrogen) atoms. The van der Waals surface area contributed by atoms with Gasteiger partial charge in [0.25, 0.3) is 5.91 Å². The summed E-state index contributed by atoms with van der Waals surface area (Å²) in [6.07, 6.45) is 4.32. The molecule has 1 aliphatic heterocycles. The number of fused-ring (bicyclic) bond motifs is 2. The van der Waals surface area contributed by atoms with Crippen molar-refractivity contribution in [2.75, 3.05) is 11.9 Å². The number of nitrogens with one attached hydrogen (secondary N) is 2. The van der Waals surface area contributed by atoms with E-state index in [0.717, 1.165) is 35.1 Å². The standard InChI is InChI=1S/C22H23N5O2/c1-13-4-3-7-27(13)12-17-8-16-11-23-21(10-19(16)24-17)25-22(28)15-5-6-18-14(2)26-29-20(18)9-15/h5-6,8-11,13,24H,3-4,7,12H2,1-2H3,(H,23,25,28). The van der Waals surface area contributed by atoms with Crippen LogP contribution in [-0.4, -0.2) is 38.5 Å². The first-order valence-electron chi connectivity index (χ1n) is 9.96. The van der Waals surface area contributed by atoms with Crippen molar-refractivity contribution in [2.24, 2.45) is 0 Å². The van der Waals surface area contributed by atoms with Crippen molar-refractivity contribution in [1.29, 1.82) is 0 Å². The largest absolute Gasteiger partial charge is 0.357 e. The van der Waals surface area contributed by atoms with Gasteiger partial charge in [0.05, 0.1) is 11.2 Å². The third-order valence-electron chi connectivity index (χ3n) is 5.78. The van der Waals surface area contributed by atoms with Gasteiger partial charge in [-0.3, -0.25) is 9.69 Å². The first-order valence-corrected chi connectivity index (χ1v) is 9.96. The van der Waals surface area contributed by atoms with Crippen LogP contribution in [0.3, 0.4) is 0 Å². The number of anilines is 1. The van der Waals surface area contributed by atoms with Crippen LogP contribution in [0.2, 0.25) is 0 Å². The second-order valence-corrected chi connectivity index (χ2v) is 7.85. The van der Waals surface area contributed by atoms with E-state index in [1.807, 2.05) is 19.1 Å². The fourth-order valence-electron chi connectivity index (χ4n) is 4.08. The molecule has 0 spiro atoms. The quantitative estimate of drug-likeness (QED) is 0.545. The topological polar surface area (TPSA) is 87.0 Å². The van der Waals surface area contributed by atoms with Gasteiger partial charge < -0.3 is 14.8 Å². The van der Waals surface area contributed by atoms with E-state index >= 15 is 0 Å². The van der Waals surface area contributed by atoms with Gasteiger partial charge >= 0.3 is 0 Å². The Bertz CT molecular complexity index is 1210. The molecule has 5 rings (SSSR count). The van der Waals surface area contributed by atoms with E-state index < -0.39 is 0 Å². The number of aromatic amines is 1. The lowest BCUT2D eigenvalue weighted by Gasteiger charge is -2.19. The van der Waals surface area contributed by atoms with Crippen molar-refractivity contribution in [3.05, 3.63) is 53.5 Å². The maximum atomic E-state index is 12.6. The number of hydrogen-bond donors (Lipinski definition) is 2. The lowest BCUT2D eigenvalue weighted by atomic mass is 10.1. The average Bonchev–Trinajstić information content (AvgIpc) is 3.41. The van der Waals surface area contributed by atoms with Crippen LogP contribution in [0.1, 0.15) is 41.5 Å². The van der Waals surface area contributed by atoms with Crippen molar-refractivity contribution >= 4 is 33.6 Å². The molecule has 1 saturated heterocycles.